The van der Waals surface area contributed by atoms with Crippen LogP contribution in [0.5, 0.6) is 23.0 Å². The Balaban J connectivity index is 0.000000192. The highest BCUT2D eigenvalue weighted by atomic mass is 16.7. The van der Waals surface area contributed by atoms with Crippen molar-refractivity contribution in [2.45, 2.75) is 128 Å². The number of ether oxygens (including phenoxy) is 6. The second-order valence-electron chi connectivity index (χ2n) is 21.5. The van der Waals surface area contributed by atoms with Gasteiger partial charge in [0.15, 0.2) is 52.9 Å². The Bertz CT molecular complexity index is 3220. The number of ketones is 4. The highest BCUT2D eigenvalue weighted by Gasteiger charge is 2.60. The molecule has 0 aromatic heterocycles. The van der Waals surface area contributed by atoms with E-state index in [1.54, 1.807) is 28.1 Å². The minimum absolute atomic E-state index is 0.00339. The smallest absolute Gasteiger partial charge is 0.226 e. The molecular formula is C58H68N8O13. The number of aromatic hydroxyl groups is 1. The number of hydrogen-bond donors (Lipinski definition) is 3. The van der Waals surface area contributed by atoms with Gasteiger partial charge in [-0.05, 0) is 89.7 Å². The summed E-state index contributed by atoms with van der Waals surface area (Å²) in [5.41, 5.74) is 7.16. The number of aryl methyl sites for hydroxylation is 2. The van der Waals surface area contributed by atoms with Gasteiger partial charge in [0.1, 0.15) is 12.1 Å². The predicted molar refractivity (Wildman–Crippen MR) is 283 cm³/mol. The molecule has 2 aromatic carbocycles. The zero-order valence-electron chi connectivity index (χ0n) is 46.9. The third-order valence-corrected chi connectivity index (χ3v) is 17.5. The molecule has 79 heavy (non-hydrogen) atoms. The molecule has 418 valence electrons. The number of methoxy groups -OCH3 is 5. The molecule has 4 bridgehead atoms. The maximum absolute atomic E-state index is 13.8. The number of allylic oxidation sites excluding steroid dienone is 4. The van der Waals surface area contributed by atoms with E-state index in [2.05, 4.69) is 38.6 Å². The average Bonchev–Trinajstić information content (AvgIpc) is 2.38. The van der Waals surface area contributed by atoms with E-state index in [0.717, 1.165) is 27.8 Å². The number of rotatable bonds is 11. The van der Waals surface area contributed by atoms with Crippen molar-refractivity contribution in [2.75, 3.05) is 69.5 Å². The Kier molecular flexibility index (Phi) is 15.5. The van der Waals surface area contributed by atoms with Gasteiger partial charge in [0, 0.05) is 103 Å². The number of phenols is 1. The Labute approximate surface area is 459 Å². The molecule has 0 radical (unpaired) electrons. The van der Waals surface area contributed by atoms with E-state index in [1.165, 1.54) is 35.2 Å². The van der Waals surface area contributed by atoms with Crippen LogP contribution in [-0.4, -0.2) is 178 Å². The Morgan fingerprint density at radius 3 is 1.42 bits per heavy atom. The van der Waals surface area contributed by atoms with E-state index in [1.807, 2.05) is 43.8 Å². The normalized spacial score (nSPS) is 28.1. The lowest BCUT2D eigenvalue weighted by atomic mass is 9.69. The van der Waals surface area contributed by atoms with Crippen molar-refractivity contribution in [3.8, 4) is 35.1 Å². The lowest BCUT2D eigenvalue weighted by Gasteiger charge is -2.60. The van der Waals surface area contributed by atoms with Gasteiger partial charge in [-0.3, -0.25) is 48.4 Å². The van der Waals surface area contributed by atoms with Gasteiger partial charge in [0.05, 0.1) is 64.7 Å². The van der Waals surface area contributed by atoms with Gasteiger partial charge in [-0.2, -0.15) is 10.5 Å². The number of likely N-dealkylation sites (N-methyl/N-ethyl adjacent to an activating group) is 2. The largest absolute Gasteiger partial charge is 0.504 e. The molecule has 10 atom stereocenters. The van der Waals surface area contributed by atoms with Gasteiger partial charge in [-0.1, -0.05) is 12.1 Å². The van der Waals surface area contributed by atoms with Gasteiger partial charge >= 0.3 is 0 Å². The third kappa shape index (κ3) is 8.77. The molecule has 2 aliphatic carbocycles. The van der Waals surface area contributed by atoms with Gasteiger partial charge < -0.3 is 44.2 Å². The molecule has 10 rings (SSSR count). The van der Waals surface area contributed by atoms with Crippen molar-refractivity contribution in [3.05, 3.63) is 90.5 Å². The fraction of sp³-hybridized carbons (Fsp3) is 0.517. The maximum Gasteiger partial charge on any atom is 0.226 e. The Morgan fingerprint density at radius 1 is 0.608 bits per heavy atom. The zero-order valence-corrected chi connectivity index (χ0v) is 46.9. The van der Waals surface area contributed by atoms with E-state index in [0.29, 0.717) is 52.4 Å². The zero-order chi connectivity index (χ0) is 57.4. The van der Waals surface area contributed by atoms with Gasteiger partial charge in [0.25, 0.3) is 0 Å². The quantitative estimate of drug-likeness (QED) is 0.216. The third-order valence-electron chi connectivity index (χ3n) is 17.5. The molecule has 21 heteroatoms. The molecule has 6 aliphatic heterocycles. The van der Waals surface area contributed by atoms with Crippen LogP contribution < -0.4 is 24.8 Å². The van der Waals surface area contributed by atoms with Crippen LogP contribution in [0.1, 0.15) is 86.0 Å². The number of nitriles is 2. The first-order valence-corrected chi connectivity index (χ1v) is 26.3. The molecule has 6 heterocycles. The number of hydrogen-bond acceptors (Lipinski definition) is 19. The monoisotopic (exact) mass is 1080 g/mol. The van der Waals surface area contributed by atoms with Crippen LogP contribution in [0.25, 0.3) is 0 Å². The Morgan fingerprint density at radius 2 is 1.03 bits per heavy atom. The molecule has 0 spiro atoms. The highest BCUT2D eigenvalue weighted by Crippen LogP contribution is 2.56. The summed E-state index contributed by atoms with van der Waals surface area (Å²) in [5.74, 6) is -0.256. The van der Waals surface area contributed by atoms with E-state index in [9.17, 15) is 44.4 Å². The SMILES string of the molecule is COC1=C(C)C(=O)C2=C(C1=O)C(CNC(C)=O)N1C(C2)[C@H]2c3c(cc(C)c(OC)c3O)C[C@@H]([C@@H]1C#N)N2C.COCOc1c(OC)c(C)cc2c1[C@@H]1C3CC4=C(C(=O)C(OC)=C(C)C4=O)C(CNC(C)=O)N3[C@@H](C#N)[C@H](C2)N1C. The first kappa shape index (κ1) is 56.3. The summed E-state index contributed by atoms with van der Waals surface area (Å²) in [6.07, 6.45) is 1.52. The van der Waals surface area contributed by atoms with Crippen LogP contribution >= 0.6 is 0 Å². The maximum atomic E-state index is 13.8. The number of Topliss-reactive ketones (excluding diaryl/α,β-unsaturated/α-hetero) is 4. The number of phenolic OH excluding ortho intramolecular Hbond substituents is 1. The molecule has 2 fully saturated rings. The summed E-state index contributed by atoms with van der Waals surface area (Å²) in [7, 11) is 11.3. The number of benzene rings is 2. The second kappa shape index (κ2) is 21.7. The highest BCUT2D eigenvalue weighted by molar-refractivity contribution is 6.26. The summed E-state index contributed by atoms with van der Waals surface area (Å²) in [6, 6.07) is 4.43. The number of fused-ring (bicyclic) bond motifs is 12. The van der Waals surface area contributed by atoms with Crippen molar-refractivity contribution < 1.29 is 62.3 Å². The van der Waals surface area contributed by atoms with E-state index in [4.69, 9.17) is 28.4 Å². The summed E-state index contributed by atoms with van der Waals surface area (Å²) in [5, 5.41) is 38.1. The topological polar surface area (TPSA) is 263 Å². The molecule has 2 aromatic rings. The Hall–Kier alpha value is -7.40. The van der Waals surface area contributed by atoms with Crippen molar-refractivity contribution in [2.24, 2.45) is 0 Å². The molecule has 3 N–H and O–H groups in total. The minimum atomic E-state index is -0.721. The minimum Gasteiger partial charge on any atom is -0.504 e. The number of carbonyl (C=O) groups is 6. The van der Waals surface area contributed by atoms with E-state index in [-0.39, 0.29) is 126 Å². The van der Waals surface area contributed by atoms with Crippen LogP contribution in [0.3, 0.4) is 0 Å². The summed E-state index contributed by atoms with van der Waals surface area (Å²) < 4.78 is 33.4. The molecule has 2 amide bonds. The standard InChI is InChI=1S/C30H36N4O7.C28H32N4O6/c1-14-8-17-9-19-21(11-31)34-20(25(33(19)4)23(17)30(28(14)39-6)41-13-38-5)10-18-24(22(34)12-32-16(3)35)27(37)29(40-7)15(2)26(18)36;1-12-7-15-8-17-19(10-29)32-18(23(31(17)4)21(15)25(35)27(12)37-5)9-16-22(20(32)11-30-14(3)33)26(36)28(38-6)13(2)24(16)34/h8,19-22,25H,9-10,12-13H2,1-7H3,(H,32,35);7,17-20,23,35H,8-9,11H2,1-6H3,(H,30,33)/t19-,20?,21-,22?,25-;17-,18?,19-,20?,23-/m00/s1. The van der Waals surface area contributed by atoms with Crippen molar-refractivity contribution in [3.63, 3.8) is 0 Å². The van der Waals surface area contributed by atoms with Crippen LogP contribution in [0.4, 0.5) is 0 Å². The van der Waals surface area contributed by atoms with Crippen molar-refractivity contribution in [1.82, 2.24) is 30.2 Å². The molecule has 8 aliphatic rings. The second-order valence-corrected chi connectivity index (χ2v) is 21.5. The van der Waals surface area contributed by atoms with Crippen LogP contribution in [0.15, 0.2) is 57.1 Å². The molecular weight excluding hydrogens is 1020 g/mol. The van der Waals surface area contributed by atoms with Crippen LogP contribution in [0, 0.1) is 36.5 Å². The summed E-state index contributed by atoms with van der Waals surface area (Å²) in [4.78, 5) is 87.2. The average molecular weight is 1090 g/mol. The van der Waals surface area contributed by atoms with Crippen LogP contribution in [0.2, 0.25) is 0 Å². The molecule has 2 saturated heterocycles. The number of nitrogens with one attached hydrogen (secondary N) is 2. The van der Waals surface area contributed by atoms with Crippen molar-refractivity contribution >= 4 is 34.9 Å². The first-order chi connectivity index (χ1) is 37.7. The lowest BCUT2D eigenvalue weighted by Crippen LogP contribution is -2.71. The van der Waals surface area contributed by atoms with Gasteiger partial charge in [-0.25, -0.2) is 0 Å². The van der Waals surface area contributed by atoms with E-state index >= 15 is 0 Å². The summed E-state index contributed by atoms with van der Waals surface area (Å²) >= 11 is 0. The lowest BCUT2D eigenvalue weighted by molar-refractivity contribution is -0.124. The fourth-order valence-corrected chi connectivity index (χ4v) is 14.3. The van der Waals surface area contributed by atoms with E-state index < -0.39 is 36.0 Å². The first-order valence-electron chi connectivity index (χ1n) is 26.3. The molecule has 21 nitrogen and oxygen atoms in total. The fourth-order valence-electron chi connectivity index (χ4n) is 14.3. The van der Waals surface area contributed by atoms with Gasteiger partial charge in [0.2, 0.25) is 23.4 Å². The number of piperazine rings is 2. The number of nitrogens with zero attached hydrogens (tertiary/aromatic N) is 6. The van der Waals surface area contributed by atoms with Crippen molar-refractivity contribution in [1.29, 1.82) is 10.5 Å². The number of amides is 2. The molecule has 0 saturated carbocycles. The van der Waals surface area contributed by atoms with Gasteiger partial charge in [-0.15, -0.1) is 0 Å². The van der Waals surface area contributed by atoms with Crippen LogP contribution in [-0.2, 0) is 55.8 Å². The molecule has 4 unspecified atom stereocenters. The summed E-state index contributed by atoms with van der Waals surface area (Å²) in [6.45, 7) is 9.92. The predicted octanol–water partition coefficient (Wildman–Crippen LogP) is 3.20. The number of carbonyl (C=O) groups excluding carboxylic acids is 6.